The van der Waals surface area contributed by atoms with E-state index in [0.717, 1.165) is 29.5 Å². The lowest BCUT2D eigenvalue weighted by atomic mass is 9.95. The van der Waals surface area contributed by atoms with Crippen LogP contribution in [0.2, 0.25) is 10.0 Å². The summed E-state index contributed by atoms with van der Waals surface area (Å²) in [4.78, 5) is 52.4. The van der Waals surface area contributed by atoms with Crippen molar-refractivity contribution in [3.63, 3.8) is 0 Å². The molecule has 3 aromatic carbocycles. The molecule has 5 rings (SSSR count). The summed E-state index contributed by atoms with van der Waals surface area (Å²) in [6, 6.07) is 14.6. The molecule has 4 amide bonds. The largest absolute Gasteiger partial charge is 0.480 e. The fourth-order valence-electron chi connectivity index (χ4n) is 5.54. The van der Waals surface area contributed by atoms with Crippen LogP contribution in [-0.4, -0.2) is 53.0 Å². The van der Waals surface area contributed by atoms with Crippen LogP contribution in [0.4, 0.5) is 4.79 Å². The van der Waals surface area contributed by atoms with Crippen LogP contribution in [0.5, 0.6) is 0 Å². The molecule has 0 bridgehead atoms. The van der Waals surface area contributed by atoms with Crippen molar-refractivity contribution in [1.29, 1.82) is 0 Å². The maximum Gasteiger partial charge on any atom is 0.328 e. The zero-order valence-electron chi connectivity index (χ0n) is 22.9. The molecule has 1 heterocycles. The van der Waals surface area contributed by atoms with E-state index in [1.807, 2.05) is 49.4 Å². The van der Waals surface area contributed by atoms with Crippen molar-refractivity contribution in [2.24, 2.45) is 0 Å². The zero-order chi connectivity index (χ0) is 30.0. The van der Waals surface area contributed by atoms with E-state index in [1.165, 1.54) is 5.56 Å². The van der Waals surface area contributed by atoms with Crippen LogP contribution >= 0.6 is 23.2 Å². The van der Waals surface area contributed by atoms with Gasteiger partial charge in [0.15, 0.2) is 0 Å². The summed E-state index contributed by atoms with van der Waals surface area (Å²) in [6.45, 7) is 2.23. The average molecular weight is 610 g/mol. The van der Waals surface area contributed by atoms with Crippen LogP contribution < -0.4 is 16.0 Å². The smallest absolute Gasteiger partial charge is 0.328 e. The summed E-state index contributed by atoms with van der Waals surface area (Å²) in [6.07, 6.45) is 1.99. The Labute approximate surface area is 253 Å². The number of carbonyl (C=O) groups is 4. The van der Waals surface area contributed by atoms with E-state index >= 15 is 0 Å². The Hall–Kier alpha value is -4.08. The number of benzene rings is 3. The SMILES string of the molecule is Cc1cccc(C(=O)N2CCc3c(cc(Cl)c(C(=O)NC(CNC(=O)NC4CCc5ccccc54)C(=O)O)c3Cl)C2)c1. The summed E-state index contributed by atoms with van der Waals surface area (Å²) in [5.41, 5.74) is 5.12. The second-order valence-electron chi connectivity index (χ2n) is 10.5. The van der Waals surface area contributed by atoms with Gasteiger partial charge in [0, 0.05) is 18.7 Å². The highest BCUT2D eigenvalue weighted by Gasteiger charge is 2.30. The van der Waals surface area contributed by atoms with Crippen LogP contribution in [0.1, 0.15) is 61.0 Å². The number of amides is 4. The molecule has 0 saturated carbocycles. The van der Waals surface area contributed by atoms with Crippen molar-refractivity contribution < 1.29 is 24.3 Å². The highest BCUT2D eigenvalue weighted by molar-refractivity contribution is 6.40. The molecule has 0 fully saturated rings. The van der Waals surface area contributed by atoms with Gasteiger partial charge in [-0.25, -0.2) is 9.59 Å². The molecule has 42 heavy (non-hydrogen) atoms. The maximum atomic E-state index is 13.2. The summed E-state index contributed by atoms with van der Waals surface area (Å²) in [5.74, 6) is -2.22. The third-order valence-corrected chi connectivity index (χ3v) is 8.41. The molecular weight excluding hydrogens is 579 g/mol. The molecular formula is C31H30Cl2N4O5. The normalized spacial score (nSPS) is 16.2. The van der Waals surface area contributed by atoms with Gasteiger partial charge in [-0.1, -0.05) is 65.2 Å². The van der Waals surface area contributed by atoms with E-state index < -0.39 is 23.9 Å². The topological polar surface area (TPSA) is 128 Å². The Morgan fingerprint density at radius 1 is 1.02 bits per heavy atom. The number of aryl methyl sites for hydroxylation is 2. The fourth-order valence-corrected chi connectivity index (χ4v) is 6.30. The van der Waals surface area contributed by atoms with Gasteiger partial charge in [-0.2, -0.15) is 0 Å². The number of rotatable bonds is 7. The Balaban J connectivity index is 1.23. The van der Waals surface area contributed by atoms with Crippen LogP contribution in [-0.2, 0) is 24.2 Å². The van der Waals surface area contributed by atoms with E-state index in [9.17, 15) is 24.3 Å². The van der Waals surface area contributed by atoms with Crippen molar-refractivity contribution in [2.75, 3.05) is 13.1 Å². The van der Waals surface area contributed by atoms with Gasteiger partial charge in [-0.15, -0.1) is 0 Å². The van der Waals surface area contributed by atoms with Crippen LogP contribution in [0.15, 0.2) is 54.6 Å². The average Bonchev–Trinajstić information content (AvgIpc) is 3.36. The number of hydrogen-bond donors (Lipinski definition) is 4. The molecule has 2 unspecified atom stereocenters. The second-order valence-corrected chi connectivity index (χ2v) is 11.3. The molecule has 3 aromatic rings. The van der Waals surface area contributed by atoms with E-state index in [0.29, 0.717) is 24.1 Å². The maximum absolute atomic E-state index is 13.2. The van der Waals surface area contributed by atoms with Crippen LogP contribution in [0, 0.1) is 6.92 Å². The lowest BCUT2D eigenvalue weighted by molar-refractivity contribution is -0.139. The number of hydrogen-bond acceptors (Lipinski definition) is 4. The molecule has 1 aliphatic carbocycles. The molecule has 2 aliphatic rings. The van der Waals surface area contributed by atoms with Crippen LogP contribution in [0.25, 0.3) is 0 Å². The predicted octanol–water partition coefficient (Wildman–Crippen LogP) is 4.67. The number of nitrogens with zero attached hydrogens (tertiary/aromatic N) is 1. The molecule has 2 atom stereocenters. The molecule has 0 spiro atoms. The molecule has 0 radical (unpaired) electrons. The zero-order valence-corrected chi connectivity index (χ0v) is 24.4. The van der Waals surface area contributed by atoms with Crippen molar-refractivity contribution in [3.05, 3.63) is 104 Å². The van der Waals surface area contributed by atoms with Crippen molar-refractivity contribution in [2.45, 2.75) is 44.8 Å². The number of carboxylic acids is 1. The molecule has 9 nitrogen and oxygen atoms in total. The predicted molar refractivity (Wildman–Crippen MR) is 159 cm³/mol. The third kappa shape index (κ3) is 6.22. The number of aliphatic carboxylic acids is 1. The van der Waals surface area contributed by atoms with Gasteiger partial charge in [0.1, 0.15) is 6.04 Å². The van der Waals surface area contributed by atoms with E-state index in [4.69, 9.17) is 23.2 Å². The Morgan fingerprint density at radius 2 is 1.81 bits per heavy atom. The first-order valence-corrected chi connectivity index (χ1v) is 14.4. The van der Waals surface area contributed by atoms with E-state index in [1.54, 1.807) is 17.0 Å². The monoisotopic (exact) mass is 608 g/mol. The Bertz CT molecular complexity index is 1580. The van der Waals surface area contributed by atoms with Crippen molar-refractivity contribution in [3.8, 4) is 0 Å². The van der Waals surface area contributed by atoms with Gasteiger partial charge in [-0.3, -0.25) is 9.59 Å². The first kappa shape index (κ1) is 29.4. The standard InChI is InChI=1S/C31H30Cl2N4O5/c1-17-5-4-7-19(13-17)29(39)37-12-11-22-20(16-37)14-23(32)26(27(22)33)28(38)35-25(30(40)41)15-34-31(42)36-24-10-9-18-6-2-3-8-21(18)24/h2-8,13-14,24-25H,9-12,15-16H2,1H3,(H,35,38)(H,40,41)(H2,34,36,42). The lowest BCUT2D eigenvalue weighted by Crippen LogP contribution is -2.50. The fraction of sp³-hybridized carbons (Fsp3) is 0.290. The molecule has 1 aliphatic heterocycles. The highest BCUT2D eigenvalue weighted by Crippen LogP contribution is 2.35. The van der Waals surface area contributed by atoms with Gasteiger partial charge in [0.05, 0.1) is 28.2 Å². The van der Waals surface area contributed by atoms with Gasteiger partial charge < -0.3 is 26.0 Å². The molecule has 0 aromatic heterocycles. The first-order valence-electron chi connectivity index (χ1n) is 13.6. The molecule has 4 N–H and O–H groups in total. The highest BCUT2D eigenvalue weighted by atomic mass is 35.5. The number of fused-ring (bicyclic) bond motifs is 2. The summed E-state index contributed by atoms with van der Waals surface area (Å²) < 4.78 is 0. The number of carbonyl (C=O) groups excluding carboxylic acids is 3. The Kier molecular flexibility index (Phi) is 8.70. The Morgan fingerprint density at radius 3 is 2.57 bits per heavy atom. The number of carboxylic acid groups (broad SMARTS) is 1. The number of nitrogens with one attached hydrogen (secondary N) is 3. The van der Waals surface area contributed by atoms with Crippen molar-refractivity contribution in [1.82, 2.24) is 20.9 Å². The van der Waals surface area contributed by atoms with Gasteiger partial charge in [0.25, 0.3) is 11.8 Å². The van der Waals surface area contributed by atoms with Crippen molar-refractivity contribution >= 4 is 47.0 Å². The van der Waals surface area contributed by atoms with Gasteiger partial charge >= 0.3 is 12.0 Å². The number of halogens is 2. The quantitative estimate of drug-likeness (QED) is 0.310. The lowest BCUT2D eigenvalue weighted by Gasteiger charge is -2.30. The van der Waals surface area contributed by atoms with E-state index in [2.05, 4.69) is 16.0 Å². The molecule has 11 heteroatoms. The van der Waals surface area contributed by atoms with Gasteiger partial charge in [-0.05, 0) is 66.6 Å². The van der Waals surface area contributed by atoms with Gasteiger partial charge in [0.2, 0.25) is 0 Å². The second kappa shape index (κ2) is 12.4. The summed E-state index contributed by atoms with van der Waals surface area (Å²) in [7, 11) is 0. The minimum absolute atomic E-state index is 0.0378. The summed E-state index contributed by atoms with van der Waals surface area (Å²) in [5, 5.41) is 17.7. The van der Waals surface area contributed by atoms with Crippen LogP contribution in [0.3, 0.4) is 0 Å². The molecule has 218 valence electrons. The molecule has 0 saturated heterocycles. The minimum Gasteiger partial charge on any atom is -0.480 e. The summed E-state index contributed by atoms with van der Waals surface area (Å²) >= 11 is 13.1. The first-order chi connectivity index (χ1) is 20.1. The minimum atomic E-state index is -1.43. The number of urea groups is 1. The van der Waals surface area contributed by atoms with E-state index in [-0.39, 0.29) is 40.6 Å². The third-order valence-electron chi connectivity index (χ3n) is 7.69.